The van der Waals surface area contributed by atoms with Gasteiger partial charge in [-0.25, -0.2) is 4.79 Å². The number of likely N-dealkylation sites (tertiary alicyclic amines) is 1. The van der Waals surface area contributed by atoms with E-state index in [0.29, 0.717) is 45.3 Å². The zero-order valence-corrected chi connectivity index (χ0v) is 21.5. The van der Waals surface area contributed by atoms with Gasteiger partial charge in [0.15, 0.2) is 0 Å². The summed E-state index contributed by atoms with van der Waals surface area (Å²) in [5, 5.41) is 3.02. The molecule has 196 valence electrons. The van der Waals surface area contributed by atoms with Gasteiger partial charge in [-0.3, -0.25) is 19.4 Å². The molecule has 1 aromatic rings. The van der Waals surface area contributed by atoms with E-state index in [9.17, 15) is 14.4 Å². The smallest absolute Gasteiger partial charge is 0.325 e. The summed E-state index contributed by atoms with van der Waals surface area (Å²) in [6.07, 6.45) is 6.06. The summed E-state index contributed by atoms with van der Waals surface area (Å²) in [6.45, 7) is 7.26. The van der Waals surface area contributed by atoms with Crippen molar-refractivity contribution >= 4 is 17.8 Å². The van der Waals surface area contributed by atoms with Crippen LogP contribution in [0.4, 0.5) is 4.79 Å². The van der Waals surface area contributed by atoms with Crippen LogP contribution in [0.1, 0.15) is 56.9 Å². The second-order valence-electron chi connectivity index (χ2n) is 11.1. The van der Waals surface area contributed by atoms with Crippen molar-refractivity contribution in [3.63, 3.8) is 0 Å². The molecule has 8 heteroatoms. The van der Waals surface area contributed by atoms with Crippen molar-refractivity contribution in [3.8, 4) is 0 Å². The van der Waals surface area contributed by atoms with Crippen molar-refractivity contribution in [2.45, 2.75) is 56.9 Å². The summed E-state index contributed by atoms with van der Waals surface area (Å²) in [6, 6.07) is 9.94. The first-order chi connectivity index (χ1) is 17.5. The van der Waals surface area contributed by atoms with Gasteiger partial charge < -0.3 is 15.0 Å². The molecule has 1 aliphatic carbocycles. The number of nitrogens with zero attached hydrogens (tertiary/aromatic N) is 3. The van der Waals surface area contributed by atoms with Gasteiger partial charge in [0.1, 0.15) is 5.54 Å². The molecule has 0 aromatic heterocycles. The number of carbonyl (C=O) groups is 3. The number of ether oxygens (including phenoxy) is 1. The molecule has 4 fully saturated rings. The lowest BCUT2D eigenvalue weighted by Crippen LogP contribution is -2.55. The van der Waals surface area contributed by atoms with Crippen molar-refractivity contribution in [2.75, 3.05) is 52.5 Å². The monoisotopic (exact) mass is 496 g/mol. The van der Waals surface area contributed by atoms with E-state index in [0.717, 1.165) is 44.3 Å². The van der Waals surface area contributed by atoms with Gasteiger partial charge in [0, 0.05) is 39.3 Å². The summed E-state index contributed by atoms with van der Waals surface area (Å²) in [4.78, 5) is 45.6. The molecule has 4 aliphatic rings. The van der Waals surface area contributed by atoms with Crippen LogP contribution in [-0.2, 0) is 14.3 Å². The molecular formula is C28H40N4O4. The van der Waals surface area contributed by atoms with Crippen LogP contribution in [0.15, 0.2) is 30.3 Å². The number of piperidine rings is 1. The fourth-order valence-corrected chi connectivity index (χ4v) is 6.70. The van der Waals surface area contributed by atoms with Gasteiger partial charge in [-0.1, -0.05) is 43.2 Å². The van der Waals surface area contributed by atoms with Crippen LogP contribution < -0.4 is 5.32 Å². The zero-order valence-electron chi connectivity index (χ0n) is 21.5. The van der Waals surface area contributed by atoms with Gasteiger partial charge >= 0.3 is 6.03 Å². The van der Waals surface area contributed by atoms with Crippen molar-refractivity contribution in [1.29, 1.82) is 0 Å². The number of carbonyl (C=O) groups excluding carboxylic acids is 3. The predicted octanol–water partition coefficient (Wildman–Crippen LogP) is 2.84. The molecular weight excluding hydrogens is 456 g/mol. The molecule has 5 rings (SSSR count). The third kappa shape index (κ3) is 5.02. The van der Waals surface area contributed by atoms with E-state index in [1.807, 2.05) is 30.0 Å². The van der Waals surface area contributed by atoms with Crippen molar-refractivity contribution in [2.24, 2.45) is 11.8 Å². The molecule has 0 bridgehead atoms. The molecule has 36 heavy (non-hydrogen) atoms. The number of amides is 4. The number of rotatable bonds is 7. The maximum absolute atomic E-state index is 13.8. The lowest BCUT2D eigenvalue weighted by Gasteiger charge is -2.40. The summed E-state index contributed by atoms with van der Waals surface area (Å²) >= 11 is 0. The summed E-state index contributed by atoms with van der Waals surface area (Å²) in [5.41, 5.74) is 0.222. The summed E-state index contributed by atoms with van der Waals surface area (Å²) in [7, 11) is 0. The second-order valence-corrected chi connectivity index (χ2v) is 11.1. The quantitative estimate of drug-likeness (QED) is 0.587. The third-order valence-electron chi connectivity index (χ3n) is 8.96. The molecule has 4 amide bonds. The molecule has 2 atom stereocenters. The Morgan fingerprint density at radius 3 is 2.33 bits per heavy atom. The number of urea groups is 1. The minimum atomic E-state index is -0.901. The van der Waals surface area contributed by atoms with Crippen LogP contribution in [0.5, 0.6) is 0 Å². The van der Waals surface area contributed by atoms with Crippen molar-refractivity contribution < 1.29 is 19.1 Å². The van der Waals surface area contributed by atoms with E-state index in [-0.39, 0.29) is 29.7 Å². The lowest BCUT2D eigenvalue weighted by atomic mass is 9.78. The molecule has 1 saturated carbocycles. The molecule has 3 saturated heterocycles. The Labute approximate surface area is 214 Å². The van der Waals surface area contributed by atoms with Gasteiger partial charge in [-0.05, 0) is 50.0 Å². The number of benzene rings is 1. The van der Waals surface area contributed by atoms with Crippen LogP contribution in [0.3, 0.4) is 0 Å². The van der Waals surface area contributed by atoms with Crippen LogP contribution in [0.25, 0.3) is 0 Å². The number of hydrogen-bond donors (Lipinski definition) is 1. The van der Waals surface area contributed by atoms with Gasteiger partial charge in [0.2, 0.25) is 5.91 Å². The van der Waals surface area contributed by atoms with E-state index in [1.165, 1.54) is 17.7 Å². The highest BCUT2D eigenvalue weighted by Gasteiger charge is 2.53. The molecule has 0 radical (unpaired) electrons. The van der Waals surface area contributed by atoms with Crippen molar-refractivity contribution in [3.05, 3.63) is 35.9 Å². The minimum absolute atomic E-state index is 0.0213. The highest BCUT2D eigenvalue weighted by atomic mass is 16.5. The summed E-state index contributed by atoms with van der Waals surface area (Å²) < 4.78 is 5.39. The van der Waals surface area contributed by atoms with Gasteiger partial charge in [0.05, 0.1) is 19.1 Å². The second kappa shape index (κ2) is 10.9. The van der Waals surface area contributed by atoms with E-state index in [2.05, 4.69) is 22.3 Å². The molecule has 8 nitrogen and oxygen atoms in total. The zero-order chi connectivity index (χ0) is 25.1. The maximum atomic E-state index is 13.8. The molecule has 1 aromatic carbocycles. The Hall–Kier alpha value is -2.45. The van der Waals surface area contributed by atoms with Gasteiger partial charge in [-0.15, -0.1) is 0 Å². The molecule has 1 N–H and O–H groups in total. The normalized spacial score (nSPS) is 27.5. The molecule has 3 heterocycles. The predicted molar refractivity (Wildman–Crippen MR) is 136 cm³/mol. The standard InChI is InChI=1S/C28H40N4O4/c1-28(26(34)32(27(35)29-28)16-15-30-17-19-36-20-18-30)23-11-13-31(14-12-23)25(33)24(22-9-5-6-10-22)21-7-3-2-4-8-21/h2-4,7-8,22-24H,5-6,9-20H2,1H3,(H,29,35)/t24-,28-/m0/s1. The first kappa shape index (κ1) is 25.2. The van der Waals surface area contributed by atoms with Crippen LogP contribution in [0, 0.1) is 11.8 Å². The summed E-state index contributed by atoms with van der Waals surface area (Å²) in [5.74, 6) is 0.451. The first-order valence-electron chi connectivity index (χ1n) is 13.8. The van der Waals surface area contributed by atoms with E-state index in [1.54, 1.807) is 0 Å². The van der Waals surface area contributed by atoms with Gasteiger partial charge in [0.25, 0.3) is 5.91 Å². The lowest BCUT2D eigenvalue weighted by molar-refractivity contribution is -0.137. The average Bonchev–Trinajstić information content (AvgIpc) is 3.51. The van der Waals surface area contributed by atoms with E-state index < -0.39 is 5.54 Å². The fourth-order valence-electron chi connectivity index (χ4n) is 6.70. The average molecular weight is 497 g/mol. The van der Waals surface area contributed by atoms with Crippen molar-refractivity contribution in [1.82, 2.24) is 20.0 Å². The fraction of sp³-hybridized carbons (Fsp3) is 0.679. The van der Waals surface area contributed by atoms with Gasteiger partial charge in [-0.2, -0.15) is 0 Å². The Morgan fingerprint density at radius 2 is 1.67 bits per heavy atom. The van der Waals surface area contributed by atoms with E-state index in [4.69, 9.17) is 4.74 Å². The first-order valence-corrected chi connectivity index (χ1v) is 13.8. The van der Waals surface area contributed by atoms with Crippen LogP contribution >= 0.6 is 0 Å². The van der Waals surface area contributed by atoms with E-state index >= 15 is 0 Å². The molecule has 0 spiro atoms. The highest BCUT2D eigenvalue weighted by Crippen LogP contribution is 2.40. The number of nitrogens with one attached hydrogen (secondary N) is 1. The largest absolute Gasteiger partial charge is 0.379 e. The highest BCUT2D eigenvalue weighted by molar-refractivity contribution is 6.07. The Morgan fingerprint density at radius 1 is 1.00 bits per heavy atom. The Balaban J connectivity index is 1.20. The van der Waals surface area contributed by atoms with Crippen LogP contribution in [0.2, 0.25) is 0 Å². The Kier molecular flexibility index (Phi) is 7.62. The maximum Gasteiger partial charge on any atom is 0.325 e. The number of morpholine rings is 1. The molecule has 3 aliphatic heterocycles. The number of imide groups is 1. The Bertz CT molecular complexity index is 936. The topological polar surface area (TPSA) is 82.2 Å². The number of hydrogen-bond acceptors (Lipinski definition) is 5. The third-order valence-corrected chi connectivity index (χ3v) is 8.96. The van der Waals surface area contributed by atoms with Crippen LogP contribution in [-0.4, -0.2) is 90.6 Å². The SMILES string of the molecule is C[C@@]1(C2CCN(C(=O)[C@@H](c3ccccc3)C3CCCC3)CC2)NC(=O)N(CCN2CCOCC2)C1=O. The molecule has 0 unspecified atom stereocenters. The minimum Gasteiger partial charge on any atom is -0.379 e.